The molecule has 0 heterocycles. The van der Waals surface area contributed by atoms with E-state index in [0.29, 0.717) is 74.9 Å². The van der Waals surface area contributed by atoms with Crippen LogP contribution in [0.3, 0.4) is 0 Å². The van der Waals surface area contributed by atoms with Crippen molar-refractivity contribution in [1.29, 1.82) is 0 Å². The predicted octanol–water partition coefficient (Wildman–Crippen LogP) is 3.68. The molecule has 500 valence electrons. The number of azo groups is 2. The number of aliphatic hydroxyl groups excluding tert-OH is 8. The lowest BCUT2D eigenvalue weighted by molar-refractivity contribution is 0.184. The van der Waals surface area contributed by atoms with Gasteiger partial charge < -0.3 is 71.1 Å². The molecule has 0 saturated carbocycles. The van der Waals surface area contributed by atoms with E-state index in [9.17, 15) is 56.7 Å². The zero-order valence-electron chi connectivity index (χ0n) is 50.3. The molecule has 2 amide bonds. The van der Waals surface area contributed by atoms with Gasteiger partial charge in [-0.25, -0.2) is 4.79 Å². The fourth-order valence-electron chi connectivity index (χ4n) is 7.63. The van der Waals surface area contributed by atoms with Crippen LogP contribution >= 0.6 is 0 Å². The van der Waals surface area contributed by atoms with Crippen LogP contribution in [0.1, 0.15) is 11.1 Å². The number of amides is 2. The number of benzene rings is 6. The number of urea groups is 1. The van der Waals surface area contributed by atoms with Crippen LogP contribution in [0.5, 0.6) is 0 Å². The Bertz CT molecular complexity index is 3500. The number of hydrogen-bond acceptors (Lipinski definition) is 25. The fraction of sp³-hybridized carbons (Fsp3) is 0.400. The molecule has 0 saturated heterocycles. The summed E-state index contributed by atoms with van der Waals surface area (Å²) in [5, 5.41) is 87.5. The molecule has 0 aliphatic rings. The molecule has 14 N–H and O–H groups in total. The van der Waals surface area contributed by atoms with E-state index in [-0.39, 0.29) is 97.1 Å². The quantitative estimate of drug-likeness (QED) is 0.0272. The van der Waals surface area contributed by atoms with Gasteiger partial charge in [0.2, 0.25) is 0 Å². The first kappa shape index (κ1) is 79.6. The molecule has 31 nitrogen and oxygen atoms in total. The zero-order chi connectivity index (χ0) is 68.0. The van der Waals surface area contributed by atoms with Crippen molar-refractivity contribution in [3.05, 3.63) is 108 Å². The zero-order valence-corrected chi connectivity index (χ0v) is 53.6. The maximum Gasteiger partial charge on any atom is 0.323 e. The van der Waals surface area contributed by atoms with Crippen molar-refractivity contribution in [1.82, 2.24) is 19.6 Å². The van der Waals surface area contributed by atoms with Crippen molar-refractivity contribution >= 4 is 102 Å². The normalized spacial score (nSPS) is 12.0. The van der Waals surface area contributed by atoms with E-state index in [1.165, 1.54) is 60.7 Å². The maximum atomic E-state index is 12.9. The number of nitrogens with one attached hydrogen (secondary N) is 2. The highest BCUT2D eigenvalue weighted by atomic mass is 32.2. The topological polar surface area (TPSA) is 483 Å². The predicted molar refractivity (Wildman–Crippen MR) is 337 cm³/mol. The van der Waals surface area contributed by atoms with Crippen LogP contribution in [0.15, 0.2) is 137 Å². The van der Waals surface area contributed by atoms with Crippen molar-refractivity contribution < 1.29 is 97.5 Å². The first-order chi connectivity index (χ1) is 42.2. The highest BCUT2D eigenvalue weighted by Crippen LogP contribution is 2.36. The van der Waals surface area contributed by atoms with E-state index >= 15 is 0 Å². The number of rotatable bonds is 26. The lowest BCUT2D eigenvalue weighted by Crippen LogP contribution is -2.25. The third kappa shape index (κ3) is 27.9. The second-order valence-corrected chi connectivity index (χ2v) is 25.0. The van der Waals surface area contributed by atoms with Gasteiger partial charge in [0.15, 0.2) is 0 Å². The average molecular weight is 1350 g/mol. The second kappa shape index (κ2) is 39.0. The van der Waals surface area contributed by atoms with Gasteiger partial charge in [-0.05, 0) is 126 Å². The van der Waals surface area contributed by atoms with Gasteiger partial charge in [-0.1, -0.05) is 24.3 Å². The molecule has 0 aliphatic heterocycles. The van der Waals surface area contributed by atoms with Gasteiger partial charge in [0, 0.05) is 85.3 Å². The second-order valence-electron chi connectivity index (χ2n) is 19.5. The molecule has 0 aliphatic carbocycles. The van der Waals surface area contributed by atoms with Gasteiger partial charge in [-0.2, -0.15) is 54.1 Å². The minimum absolute atomic E-state index is 0.158. The third-order valence-corrected chi connectivity index (χ3v) is 15.8. The molecule has 6 aromatic rings. The van der Waals surface area contributed by atoms with Crippen molar-refractivity contribution in [2.24, 2.45) is 20.5 Å². The number of nitrogens with zero attached hydrogens (tertiary/aromatic N) is 8. The molecule has 0 fully saturated rings. The van der Waals surface area contributed by atoms with Crippen molar-refractivity contribution in [3.8, 4) is 0 Å². The van der Waals surface area contributed by atoms with Crippen molar-refractivity contribution in [3.63, 3.8) is 0 Å². The molecular weight excluding hydrogens is 1260 g/mol. The molecule has 6 aromatic carbocycles. The van der Waals surface area contributed by atoms with Gasteiger partial charge in [0.1, 0.15) is 19.6 Å². The van der Waals surface area contributed by atoms with E-state index in [2.05, 4.69) is 31.1 Å². The number of fused-ring (bicyclic) bond motifs is 2. The maximum absolute atomic E-state index is 12.9. The summed E-state index contributed by atoms with van der Waals surface area (Å²) in [5.74, 6) is 0. The van der Waals surface area contributed by atoms with Crippen LogP contribution in [-0.4, -0.2) is 252 Å². The van der Waals surface area contributed by atoms with E-state index < -0.39 is 66.1 Å². The molecule has 90 heavy (non-hydrogen) atoms. The van der Waals surface area contributed by atoms with E-state index in [1.54, 1.807) is 26.0 Å². The number of carbonyl (C=O) groups is 1. The van der Waals surface area contributed by atoms with Gasteiger partial charge in [-0.15, -0.1) is 0 Å². The van der Waals surface area contributed by atoms with E-state index in [1.807, 2.05) is 47.8 Å². The highest BCUT2D eigenvalue weighted by Gasteiger charge is 2.23. The average Bonchev–Trinajstić information content (AvgIpc) is 0.798. The lowest BCUT2D eigenvalue weighted by atomic mass is 10.1. The summed E-state index contributed by atoms with van der Waals surface area (Å²) in [6.45, 7) is 9.71. The number of aryl methyl sites for hydroxylation is 2. The fourth-order valence-corrected chi connectivity index (χ4v) is 10.5. The summed E-state index contributed by atoms with van der Waals surface area (Å²) in [5.41, 5.74) is 1.93. The molecule has 0 bridgehead atoms. The van der Waals surface area contributed by atoms with Crippen LogP contribution in [0, 0.1) is 13.8 Å². The monoisotopic (exact) mass is 1340 g/mol. The van der Waals surface area contributed by atoms with Crippen molar-refractivity contribution in [2.75, 3.05) is 144 Å². The highest BCUT2D eigenvalue weighted by molar-refractivity contribution is 7.87. The Labute approximate surface area is 522 Å². The molecule has 0 radical (unpaired) electrons. The molecule has 0 aromatic heterocycles. The summed E-state index contributed by atoms with van der Waals surface area (Å²) in [6.07, 6.45) is 0. The summed E-state index contributed by atoms with van der Waals surface area (Å²) in [4.78, 5) is 17.8. The van der Waals surface area contributed by atoms with Crippen LogP contribution in [0.2, 0.25) is 0 Å². The van der Waals surface area contributed by atoms with Gasteiger partial charge >= 0.3 is 6.03 Å². The van der Waals surface area contributed by atoms with Crippen molar-refractivity contribution in [2.45, 2.75) is 33.4 Å². The third-order valence-electron chi connectivity index (χ3n) is 12.2. The largest absolute Gasteiger partial charge is 0.395 e. The Balaban J connectivity index is 0.000000701. The van der Waals surface area contributed by atoms with Gasteiger partial charge in [0.05, 0.1) is 75.6 Å². The standard InChI is InChI=1S/C35H28N6O13S4.4C5H13NO2/c1-19-13-21(9-11-29(19)40-38-23-15-27-25(33(17-23)57(49,50)51)5-3-7-31(27)55(43,44)45)36-35(42)37-22-10-12-30(20(2)14-22)41-39-24-16-28-26(34(18-24)58(52,53)54)6-4-8-32(28)56(46,47)48;4*1-6(2-4-7)3-5-8/h3-18H,1-2H3,(H2,36,37,42)(H,43,44,45)(H,46,47,48)(H,49,50,51)(H,52,53,54);4*7-8H,2-5H2,1H3. The van der Waals surface area contributed by atoms with Crippen LogP contribution < -0.4 is 10.6 Å². The SMILES string of the molecule is CN(CCO)CCO.CN(CCO)CCO.CN(CCO)CCO.CN(CCO)CCO.Cc1cc(NC(=O)Nc2ccc(N=Nc3cc(S(=O)(=O)O)c4cccc(S(=O)(=O)O)c4c3)c(C)c2)ccc1N=Nc1cc(S(=O)(=O)O)c2cccc(S(=O)(=O)O)c2c1. The lowest BCUT2D eigenvalue weighted by Gasteiger charge is -2.11. The smallest absolute Gasteiger partial charge is 0.323 e. The molecule has 6 rings (SSSR count). The first-order valence-corrected chi connectivity index (χ1v) is 32.8. The van der Waals surface area contributed by atoms with E-state index in [4.69, 9.17) is 40.9 Å². The Kier molecular flexibility index (Phi) is 34.5. The molecular formula is C55H80N10O21S4. The number of likely N-dealkylation sites (N-methyl/N-ethyl adjacent to an activating group) is 4. The Morgan fingerprint density at radius 1 is 0.367 bits per heavy atom. The Morgan fingerprint density at radius 2 is 0.633 bits per heavy atom. The van der Waals surface area contributed by atoms with Crippen LogP contribution in [0.4, 0.5) is 38.9 Å². The van der Waals surface area contributed by atoms with Crippen LogP contribution in [0.25, 0.3) is 21.5 Å². The summed E-state index contributed by atoms with van der Waals surface area (Å²) >= 11 is 0. The number of hydrogen-bond donors (Lipinski definition) is 14. The molecule has 0 unspecified atom stereocenters. The summed E-state index contributed by atoms with van der Waals surface area (Å²) in [7, 11) is -11.9. The van der Waals surface area contributed by atoms with Gasteiger partial charge in [-0.3, -0.25) is 18.2 Å². The molecule has 0 spiro atoms. The number of anilines is 2. The first-order valence-electron chi connectivity index (χ1n) is 27.0. The summed E-state index contributed by atoms with van der Waals surface area (Å²) < 4.78 is 135. The number of carbonyl (C=O) groups excluding carboxylic acids is 1. The Morgan fingerprint density at radius 3 is 0.867 bits per heavy atom. The minimum Gasteiger partial charge on any atom is -0.395 e. The Hall–Kier alpha value is -6.53. The molecule has 35 heteroatoms. The molecule has 0 atom stereocenters. The van der Waals surface area contributed by atoms with Crippen LogP contribution in [-0.2, 0) is 40.5 Å². The minimum atomic E-state index is -4.86. The van der Waals surface area contributed by atoms with Gasteiger partial charge in [0.25, 0.3) is 40.5 Å². The van der Waals surface area contributed by atoms with E-state index in [0.717, 1.165) is 24.3 Å². The summed E-state index contributed by atoms with van der Waals surface area (Å²) in [6, 6.07) is 19.8. The number of aliphatic hydroxyl groups is 8.